The average Bonchev–Trinajstić information content (AvgIpc) is 2.90. The van der Waals surface area contributed by atoms with E-state index in [0.717, 1.165) is 13.0 Å². The Kier molecular flexibility index (Phi) is 4.27. The summed E-state index contributed by atoms with van der Waals surface area (Å²) in [4.78, 5) is 10.7. The van der Waals surface area contributed by atoms with Gasteiger partial charge in [-0.15, -0.1) is 0 Å². The van der Waals surface area contributed by atoms with E-state index in [-0.39, 0.29) is 16.7 Å². The van der Waals surface area contributed by atoms with Crippen LogP contribution in [0.3, 0.4) is 0 Å². The summed E-state index contributed by atoms with van der Waals surface area (Å²) in [6.07, 6.45) is 1.20. The normalized spacial score (nSPS) is 22.4. The van der Waals surface area contributed by atoms with Crippen LogP contribution in [0.2, 0.25) is 0 Å². The number of hydrogen-bond acceptors (Lipinski definition) is 5. The van der Waals surface area contributed by atoms with Gasteiger partial charge in [-0.2, -0.15) is 5.10 Å². The Morgan fingerprint density at radius 3 is 2.90 bits per heavy atom. The first kappa shape index (κ1) is 14.8. The molecule has 2 atom stereocenters. The number of nitrogens with one attached hydrogen (secondary N) is 1. The highest BCUT2D eigenvalue weighted by atomic mass is 16.6. The maximum atomic E-state index is 11.1. The number of aryl methyl sites for hydroxylation is 2. The Hall–Kier alpha value is -1.63. The Bertz CT molecular complexity index is 498. The van der Waals surface area contributed by atoms with Gasteiger partial charge in [0.25, 0.3) is 0 Å². The van der Waals surface area contributed by atoms with Gasteiger partial charge in [-0.05, 0) is 19.3 Å². The number of rotatable bonds is 5. The molecule has 1 aliphatic rings. The Morgan fingerprint density at radius 2 is 2.30 bits per heavy atom. The van der Waals surface area contributed by atoms with Crippen molar-refractivity contribution in [2.24, 2.45) is 18.9 Å². The molecule has 0 saturated carbocycles. The van der Waals surface area contributed by atoms with E-state index in [1.165, 1.54) is 4.68 Å². The van der Waals surface area contributed by atoms with Crippen LogP contribution in [0, 0.1) is 28.9 Å². The van der Waals surface area contributed by atoms with E-state index in [1.54, 1.807) is 14.0 Å². The van der Waals surface area contributed by atoms with Crippen molar-refractivity contribution in [2.45, 2.75) is 33.3 Å². The van der Waals surface area contributed by atoms with E-state index in [0.29, 0.717) is 29.9 Å². The topological polar surface area (TPSA) is 82.2 Å². The van der Waals surface area contributed by atoms with Gasteiger partial charge in [0.1, 0.15) is 5.69 Å². The molecule has 0 aliphatic carbocycles. The van der Waals surface area contributed by atoms with E-state index in [4.69, 9.17) is 4.74 Å². The quantitative estimate of drug-likeness (QED) is 0.660. The molecule has 20 heavy (non-hydrogen) atoms. The van der Waals surface area contributed by atoms with Gasteiger partial charge in [0.2, 0.25) is 5.82 Å². The number of nitro groups is 1. The number of aromatic nitrogens is 2. The van der Waals surface area contributed by atoms with Crippen molar-refractivity contribution >= 4 is 11.5 Å². The Morgan fingerprint density at radius 1 is 1.60 bits per heavy atom. The molecule has 112 valence electrons. The van der Waals surface area contributed by atoms with Crippen LogP contribution in [-0.4, -0.2) is 34.0 Å². The van der Waals surface area contributed by atoms with Crippen LogP contribution in [-0.2, 0) is 11.8 Å². The van der Waals surface area contributed by atoms with Crippen molar-refractivity contribution in [2.75, 3.05) is 18.5 Å². The van der Waals surface area contributed by atoms with Crippen LogP contribution < -0.4 is 5.32 Å². The van der Waals surface area contributed by atoms with Gasteiger partial charge in [0.15, 0.2) is 0 Å². The minimum atomic E-state index is -0.379. The van der Waals surface area contributed by atoms with Crippen LogP contribution in [0.1, 0.15) is 26.0 Å². The molecule has 2 heterocycles. The smallest absolute Gasteiger partial charge is 0.333 e. The van der Waals surface area contributed by atoms with Crippen molar-refractivity contribution in [3.63, 3.8) is 0 Å². The predicted octanol–water partition coefficient (Wildman–Crippen LogP) is 2.11. The number of nitrogens with zero attached hydrogens (tertiary/aromatic N) is 3. The second-order valence-electron chi connectivity index (χ2n) is 5.67. The van der Waals surface area contributed by atoms with Gasteiger partial charge in [0.05, 0.1) is 11.0 Å². The van der Waals surface area contributed by atoms with Crippen LogP contribution >= 0.6 is 0 Å². The second-order valence-corrected chi connectivity index (χ2v) is 5.67. The highest BCUT2D eigenvalue weighted by Gasteiger charge is 2.32. The molecule has 0 spiro atoms. The first-order valence-corrected chi connectivity index (χ1v) is 6.95. The summed E-state index contributed by atoms with van der Waals surface area (Å²) in [6, 6.07) is 0. The van der Waals surface area contributed by atoms with Crippen LogP contribution in [0.5, 0.6) is 0 Å². The SMILES string of the molecule is Cc1nn(C)c(NC[C@H]2CCO[C@H]2C(C)C)c1[N+](=O)[O-]. The van der Waals surface area contributed by atoms with Crippen LogP contribution in [0.25, 0.3) is 0 Å². The number of anilines is 1. The van der Waals surface area contributed by atoms with Gasteiger partial charge >= 0.3 is 5.69 Å². The Labute approximate surface area is 118 Å². The van der Waals surface area contributed by atoms with Crippen molar-refractivity contribution < 1.29 is 9.66 Å². The zero-order valence-electron chi connectivity index (χ0n) is 12.4. The summed E-state index contributed by atoms with van der Waals surface area (Å²) >= 11 is 0. The molecule has 1 saturated heterocycles. The molecule has 2 rings (SSSR count). The molecular formula is C13H22N4O3. The molecule has 1 N–H and O–H groups in total. The molecule has 0 aromatic carbocycles. The molecular weight excluding hydrogens is 260 g/mol. The zero-order valence-corrected chi connectivity index (χ0v) is 12.4. The molecule has 7 heteroatoms. The van der Waals surface area contributed by atoms with Gasteiger partial charge in [-0.25, -0.2) is 4.68 Å². The summed E-state index contributed by atoms with van der Waals surface area (Å²) in [6.45, 7) is 7.36. The van der Waals surface area contributed by atoms with E-state index in [9.17, 15) is 10.1 Å². The third-order valence-electron chi connectivity index (χ3n) is 3.83. The molecule has 0 unspecified atom stereocenters. The van der Waals surface area contributed by atoms with Gasteiger partial charge < -0.3 is 10.1 Å². The molecule has 0 amide bonds. The highest BCUT2D eigenvalue weighted by molar-refractivity contribution is 5.59. The summed E-state index contributed by atoms with van der Waals surface area (Å²) in [5, 5.41) is 18.4. The lowest BCUT2D eigenvalue weighted by molar-refractivity contribution is -0.384. The lowest BCUT2D eigenvalue weighted by atomic mass is 9.93. The van der Waals surface area contributed by atoms with Crippen LogP contribution in [0.15, 0.2) is 0 Å². The van der Waals surface area contributed by atoms with Gasteiger partial charge in [-0.3, -0.25) is 10.1 Å². The minimum Gasteiger partial charge on any atom is -0.378 e. The first-order chi connectivity index (χ1) is 9.41. The molecule has 1 fully saturated rings. The second kappa shape index (κ2) is 5.78. The third-order valence-corrected chi connectivity index (χ3v) is 3.83. The maximum absolute atomic E-state index is 11.1. The van der Waals surface area contributed by atoms with E-state index in [2.05, 4.69) is 24.3 Å². The van der Waals surface area contributed by atoms with Crippen molar-refractivity contribution in [3.05, 3.63) is 15.8 Å². The number of hydrogen-bond donors (Lipinski definition) is 1. The fourth-order valence-electron chi connectivity index (χ4n) is 2.90. The van der Waals surface area contributed by atoms with Crippen LogP contribution in [0.4, 0.5) is 11.5 Å². The molecule has 0 bridgehead atoms. The predicted molar refractivity (Wildman–Crippen MR) is 75.8 cm³/mol. The summed E-state index contributed by atoms with van der Waals surface area (Å²) in [7, 11) is 1.72. The fraction of sp³-hybridized carbons (Fsp3) is 0.769. The molecule has 1 aliphatic heterocycles. The summed E-state index contributed by atoms with van der Waals surface area (Å²) in [5.74, 6) is 1.30. The molecule has 1 aromatic heterocycles. The van der Waals surface area contributed by atoms with Gasteiger partial charge in [0, 0.05) is 26.1 Å². The van der Waals surface area contributed by atoms with E-state index >= 15 is 0 Å². The molecule has 1 aromatic rings. The lowest BCUT2D eigenvalue weighted by Gasteiger charge is -2.22. The minimum absolute atomic E-state index is 0.0625. The number of ether oxygens (including phenoxy) is 1. The zero-order chi connectivity index (χ0) is 14.9. The lowest BCUT2D eigenvalue weighted by Crippen LogP contribution is -2.28. The molecule has 0 radical (unpaired) electrons. The molecule has 7 nitrogen and oxygen atoms in total. The van der Waals surface area contributed by atoms with Crippen molar-refractivity contribution in [1.82, 2.24) is 9.78 Å². The highest BCUT2D eigenvalue weighted by Crippen LogP contribution is 2.30. The van der Waals surface area contributed by atoms with Crippen molar-refractivity contribution in [3.8, 4) is 0 Å². The van der Waals surface area contributed by atoms with Crippen molar-refractivity contribution in [1.29, 1.82) is 0 Å². The Balaban J connectivity index is 2.09. The standard InChI is InChI=1S/C13H22N4O3/c1-8(2)12-10(5-6-20-12)7-14-13-11(17(18)19)9(3)15-16(13)4/h8,10,12,14H,5-7H2,1-4H3/t10-,12+/m1/s1. The first-order valence-electron chi connectivity index (χ1n) is 6.95. The van der Waals surface area contributed by atoms with E-state index in [1.807, 2.05) is 0 Å². The third kappa shape index (κ3) is 2.77. The average molecular weight is 282 g/mol. The summed E-state index contributed by atoms with van der Waals surface area (Å²) in [5.41, 5.74) is 0.496. The maximum Gasteiger partial charge on any atom is 0.333 e. The van der Waals surface area contributed by atoms with E-state index < -0.39 is 0 Å². The van der Waals surface area contributed by atoms with Gasteiger partial charge in [-0.1, -0.05) is 13.8 Å². The fourth-order valence-corrected chi connectivity index (χ4v) is 2.90. The summed E-state index contributed by atoms with van der Waals surface area (Å²) < 4.78 is 7.27. The largest absolute Gasteiger partial charge is 0.378 e. The monoisotopic (exact) mass is 282 g/mol.